The molecule has 0 heterocycles. The molecule has 0 saturated heterocycles. The third kappa shape index (κ3) is 7.82. The van der Waals surface area contributed by atoms with Gasteiger partial charge in [0.15, 0.2) is 0 Å². The van der Waals surface area contributed by atoms with Crippen LogP contribution in [0.1, 0.15) is 0 Å². The molecule has 0 unspecified atom stereocenters. The van der Waals surface area contributed by atoms with Crippen LogP contribution in [0, 0.1) is 0 Å². The zero-order valence-electron chi connectivity index (χ0n) is 9.02. The summed E-state index contributed by atoms with van der Waals surface area (Å²) >= 11 is 0. The molecule has 0 saturated carbocycles. The van der Waals surface area contributed by atoms with Crippen molar-refractivity contribution >= 4 is 11.9 Å². The second-order valence-corrected chi connectivity index (χ2v) is 2.72. The Hall–Kier alpha value is -0.279. The van der Waals surface area contributed by atoms with Crippen molar-refractivity contribution in [2.24, 2.45) is 0 Å². The van der Waals surface area contributed by atoms with Gasteiger partial charge in [0.2, 0.25) is 0 Å². The summed E-state index contributed by atoms with van der Waals surface area (Å²) in [6, 6.07) is 0. The predicted molar refractivity (Wildman–Crippen MR) is 32.0 cm³/mol. The first-order valence-electron chi connectivity index (χ1n) is 3.71. The minimum atomic E-state index is -6.08. The summed E-state index contributed by atoms with van der Waals surface area (Å²) in [5.41, 5.74) is 0. The monoisotopic (exact) mass is 540 g/mol. The molecule has 0 aromatic carbocycles. The fraction of sp³-hybridized carbons (Fsp3) is 0.667. The molecule has 140 valence electrons. The van der Waals surface area contributed by atoms with Crippen LogP contribution >= 0.6 is 0 Å². The van der Waals surface area contributed by atoms with Crippen LogP contribution in [0.4, 0.5) is 43.9 Å². The molecule has 0 amide bonds. The molecular formula is C6Ag2F10O4. The van der Waals surface area contributed by atoms with Crippen LogP contribution in [0.15, 0.2) is 0 Å². The summed E-state index contributed by atoms with van der Waals surface area (Å²) < 4.78 is 111. The minimum absolute atomic E-state index is 0. The van der Waals surface area contributed by atoms with Gasteiger partial charge in [-0.15, -0.1) is 0 Å². The number of rotatable bonds is 2. The van der Waals surface area contributed by atoms with E-state index >= 15 is 0 Å². The molecule has 0 radical (unpaired) electrons. The number of aliphatic carboxylic acids is 2. The van der Waals surface area contributed by atoms with Crippen molar-refractivity contribution in [1.29, 1.82) is 0 Å². The summed E-state index contributed by atoms with van der Waals surface area (Å²) in [5, 5.41) is 18.2. The van der Waals surface area contributed by atoms with E-state index in [-0.39, 0.29) is 44.8 Å². The normalized spacial score (nSPS) is 12.1. The van der Waals surface area contributed by atoms with Crippen molar-refractivity contribution in [2.75, 3.05) is 0 Å². The van der Waals surface area contributed by atoms with Crippen LogP contribution in [0.5, 0.6) is 0 Å². The van der Waals surface area contributed by atoms with Crippen molar-refractivity contribution in [1.82, 2.24) is 0 Å². The van der Waals surface area contributed by atoms with Crippen LogP contribution < -0.4 is 10.2 Å². The first-order valence-corrected chi connectivity index (χ1v) is 3.71. The predicted octanol–water partition coefficient (Wildman–Crippen LogP) is -0.137. The van der Waals surface area contributed by atoms with Gasteiger partial charge in [-0.3, -0.25) is 0 Å². The van der Waals surface area contributed by atoms with Gasteiger partial charge in [0.25, 0.3) is 0 Å². The first-order chi connectivity index (χ1) is 8.39. The van der Waals surface area contributed by atoms with Gasteiger partial charge in [0.1, 0.15) is 11.9 Å². The molecule has 0 N–H and O–H groups in total. The molecule has 0 spiro atoms. The molecule has 0 aromatic rings. The number of carboxylic acids is 2. The summed E-state index contributed by atoms with van der Waals surface area (Å²) in [6.45, 7) is 0. The van der Waals surface area contributed by atoms with Gasteiger partial charge in [-0.1, -0.05) is 0 Å². The van der Waals surface area contributed by atoms with E-state index in [0.29, 0.717) is 0 Å². The molecule has 0 aliphatic rings. The van der Waals surface area contributed by atoms with Crippen molar-refractivity contribution in [3.8, 4) is 0 Å². The fourth-order valence-electron chi connectivity index (χ4n) is 0.231. The van der Waals surface area contributed by atoms with E-state index in [1.165, 1.54) is 0 Å². The van der Waals surface area contributed by atoms with Gasteiger partial charge in [0, 0.05) is 0 Å². The zero-order valence-corrected chi connectivity index (χ0v) is 12.0. The summed E-state index contributed by atoms with van der Waals surface area (Å²) in [7, 11) is 0. The van der Waals surface area contributed by atoms with Gasteiger partial charge in [0.05, 0.1) is 0 Å². The second-order valence-electron chi connectivity index (χ2n) is 2.72. The Balaban J connectivity index is -0.000000135. The minimum Gasteiger partial charge on any atom is -0.544 e. The van der Waals surface area contributed by atoms with Crippen molar-refractivity contribution in [3.63, 3.8) is 0 Å². The Bertz CT molecular complexity index is 341. The Labute approximate surface area is 144 Å². The third-order valence-electron chi connectivity index (χ3n) is 1.22. The Morgan fingerprint density at radius 1 is 0.545 bits per heavy atom. The number of carbonyl (C=O) groups is 2. The molecule has 0 aliphatic heterocycles. The average molecular weight is 542 g/mol. The molecule has 0 aliphatic carbocycles. The quantitative estimate of drug-likeness (QED) is 0.360. The molecule has 0 atom stereocenters. The number of carbonyl (C=O) groups excluding carboxylic acids is 2. The Morgan fingerprint density at radius 3 is 0.682 bits per heavy atom. The van der Waals surface area contributed by atoms with Gasteiger partial charge >= 0.3 is 69.0 Å². The van der Waals surface area contributed by atoms with Gasteiger partial charge in [-0.25, -0.2) is 0 Å². The number of alkyl halides is 10. The number of carboxylic acid groups (broad SMARTS) is 2. The molecular weight excluding hydrogens is 542 g/mol. The molecule has 0 rings (SSSR count). The molecule has 16 heteroatoms. The summed E-state index contributed by atoms with van der Waals surface area (Å²) in [4.78, 5) is 18.2. The van der Waals surface area contributed by atoms with Crippen LogP contribution in [0.3, 0.4) is 0 Å². The van der Waals surface area contributed by atoms with Crippen LogP contribution in [-0.4, -0.2) is 36.1 Å². The van der Waals surface area contributed by atoms with E-state index in [9.17, 15) is 43.9 Å². The topological polar surface area (TPSA) is 80.3 Å². The smallest absolute Gasteiger partial charge is 0.544 e. The van der Waals surface area contributed by atoms with Crippen LogP contribution in [-0.2, 0) is 54.3 Å². The number of halogens is 10. The van der Waals surface area contributed by atoms with E-state index in [2.05, 4.69) is 0 Å². The maximum absolute atomic E-state index is 11.3. The number of hydrogen-bond acceptors (Lipinski definition) is 4. The van der Waals surface area contributed by atoms with E-state index in [1.54, 1.807) is 0 Å². The molecule has 0 bridgehead atoms. The third-order valence-corrected chi connectivity index (χ3v) is 1.22. The van der Waals surface area contributed by atoms with E-state index in [4.69, 9.17) is 19.8 Å². The standard InChI is InChI=1S/2C3HF5O2.2Ag/c2*4-2(5,1(9)10)3(6,7)8;;/h2*(H,9,10);;/q;;2*+1/p-2. The average Bonchev–Trinajstić information content (AvgIpc) is 2.14. The molecule has 4 nitrogen and oxygen atoms in total. The molecule has 0 fully saturated rings. The van der Waals surface area contributed by atoms with Gasteiger partial charge < -0.3 is 19.8 Å². The van der Waals surface area contributed by atoms with Crippen molar-refractivity contribution in [3.05, 3.63) is 0 Å². The fourth-order valence-corrected chi connectivity index (χ4v) is 0.231. The van der Waals surface area contributed by atoms with E-state index in [1.807, 2.05) is 0 Å². The molecule has 0 aromatic heterocycles. The number of hydrogen-bond donors (Lipinski definition) is 0. The molecule has 22 heavy (non-hydrogen) atoms. The van der Waals surface area contributed by atoms with Gasteiger partial charge in [-0.05, 0) is 0 Å². The van der Waals surface area contributed by atoms with Crippen LogP contribution in [0.2, 0.25) is 0 Å². The van der Waals surface area contributed by atoms with Gasteiger partial charge in [-0.2, -0.15) is 43.9 Å². The maximum Gasteiger partial charge on any atom is 1.00 e. The summed E-state index contributed by atoms with van der Waals surface area (Å²) in [5.74, 6) is -18.4. The SMILES string of the molecule is O=C([O-])C(F)(F)C(F)(F)F.O=C([O-])C(F)(F)C(F)(F)F.[Ag+].[Ag+]. The van der Waals surface area contributed by atoms with Crippen molar-refractivity contribution in [2.45, 2.75) is 24.2 Å². The zero-order chi connectivity index (χ0) is 17.2. The largest absolute Gasteiger partial charge is 1.00 e. The van der Waals surface area contributed by atoms with Crippen molar-refractivity contribution < 1.29 is 108 Å². The van der Waals surface area contributed by atoms with E-state index in [0.717, 1.165) is 0 Å². The Kier molecular flexibility index (Phi) is 12.3. The van der Waals surface area contributed by atoms with Crippen LogP contribution in [0.25, 0.3) is 0 Å². The van der Waals surface area contributed by atoms with E-state index < -0.39 is 36.1 Å². The Morgan fingerprint density at radius 2 is 0.682 bits per heavy atom. The summed E-state index contributed by atoms with van der Waals surface area (Å²) in [6.07, 6.45) is -12.2. The second kappa shape index (κ2) is 9.12. The first kappa shape index (κ1) is 29.7. The maximum atomic E-state index is 11.3.